The summed E-state index contributed by atoms with van der Waals surface area (Å²) in [6, 6.07) is -4.91. The molecule has 0 aliphatic carbocycles. The predicted molar refractivity (Wildman–Crippen MR) is 141 cm³/mol. The third-order valence-electron chi connectivity index (χ3n) is 5.61. The topological polar surface area (TPSA) is 229 Å². The first-order chi connectivity index (χ1) is 18.7. The van der Waals surface area contributed by atoms with Gasteiger partial charge in [-0.25, -0.2) is 4.79 Å². The number of nitrogens with one attached hydrogen (secondary N) is 3. The Morgan fingerprint density at radius 1 is 1.05 bits per heavy atom. The molecule has 0 saturated heterocycles. The molecule has 15 nitrogen and oxygen atoms in total. The number of aldehydes is 1. The molecule has 1 heterocycles. The second-order valence-corrected chi connectivity index (χ2v) is 10.1. The van der Waals surface area contributed by atoms with E-state index in [-0.39, 0.29) is 6.42 Å². The van der Waals surface area contributed by atoms with Crippen molar-refractivity contribution in [2.24, 2.45) is 11.5 Å². The molecule has 0 spiro atoms. The Balaban J connectivity index is 3.05. The zero-order valence-corrected chi connectivity index (χ0v) is 23.3. The fourth-order valence-corrected chi connectivity index (χ4v) is 3.71. The number of unbranched alkanes of at least 4 members (excludes halogenated alkanes) is 1. The number of hydrogen-bond donors (Lipinski definition) is 5. The first-order valence-corrected chi connectivity index (χ1v) is 12.8. The average Bonchev–Trinajstić information content (AvgIpc) is 3.35. The van der Waals surface area contributed by atoms with Crippen LogP contribution in [0.2, 0.25) is 0 Å². The van der Waals surface area contributed by atoms with Gasteiger partial charge in [0.25, 0.3) is 5.91 Å². The molecule has 7 N–H and O–H groups in total. The van der Waals surface area contributed by atoms with Crippen LogP contribution >= 0.6 is 0 Å². The van der Waals surface area contributed by atoms with Crippen LogP contribution in [0.3, 0.4) is 0 Å². The maximum Gasteiger partial charge on any atom is 0.408 e. The number of carbonyl (C=O) groups excluding carboxylic acids is 7. The summed E-state index contributed by atoms with van der Waals surface area (Å²) < 4.78 is 9.79. The van der Waals surface area contributed by atoms with Crippen LogP contribution in [0.25, 0.3) is 0 Å². The molecule has 0 unspecified atom stereocenters. The van der Waals surface area contributed by atoms with Crippen LogP contribution in [0.15, 0.2) is 12.3 Å². The van der Waals surface area contributed by atoms with Crippen molar-refractivity contribution in [3.63, 3.8) is 0 Å². The summed E-state index contributed by atoms with van der Waals surface area (Å²) in [7, 11) is 1.11. The molecular weight excluding hydrogens is 528 g/mol. The van der Waals surface area contributed by atoms with Crippen molar-refractivity contribution in [2.75, 3.05) is 13.7 Å². The van der Waals surface area contributed by atoms with Crippen LogP contribution < -0.4 is 27.4 Å². The van der Waals surface area contributed by atoms with Crippen molar-refractivity contribution in [2.45, 2.75) is 89.1 Å². The molecule has 224 valence electrons. The van der Waals surface area contributed by atoms with Gasteiger partial charge in [0.05, 0.1) is 26.0 Å². The van der Waals surface area contributed by atoms with Crippen LogP contribution in [-0.4, -0.2) is 90.3 Å². The number of rotatable bonds is 15. The molecule has 5 amide bonds. The molecule has 1 rings (SSSR count). The molecule has 0 aromatic rings. The van der Waals surface area contributed by atoms with E-state index in [0.29, 0.717) is 32.1 Å². The van der Waals surface area contributed by atoms with Crippen molar-refractivity contribution >= 4 is 42.0 Å². The maximum atomic E-state index is 13.3. The minimum absolute atomic E-state index is 0.0376. The SMILES string of the molecule is COC(=O)C[C@H](NC(=O)OC(C)(C)C)C(=O)N1C=CC[C@H]1C(=O)N[C@@H](CC(N)=O)C(=O)N[C@H](C=O)CCCCN. The van der Waals surface area contributed by atoms with E-state index in [1.54, 1.807) is 20.8 Å². The van der Waals surface area contributed by atoms with Gasteiger partial charge in [0, 0.05) is 6.20 Å². The number of ether oxygens (including phenoxy) is 2. The zero-order valence-electron chi connectivity index (χ0n) is 23.3. The van der Waals surface area contributed by atoms with Gasteiger partial charge in [-0.1, -0.05) is 6.08 Å². The number of nitrogens with zero attached hydrogens (tertiary/aromatic N) is 1. The van der Waals surface area contributed by atoms with E-state index in [1.807, 2.05) is 0 Å². The first-order valence-electron chi connectivity index (χ1n) is 12.8. The normalized spacial score (nSPS) is 16.7. The third kappa shape index (κ3) is 11.8. The second-order valence-electron chi connectivity index (χ2n) is 10.1. The van der Waals surface area contributed by atoms with Crippen molar-refractivity contribution in [3.8, 4) is 0 Å². The fraction of sp³-hybridized carbons (Fsp3) is 0.640. The highest BCUT2D eigenvalue weighted by Crippen LogP contribution is 2.18. The van der Waals surface area contributed by atoms with Crippen molar-refractivity contribution in [3.05, 3.63) is 12.3 Å². The quantitative estimate of drug-likeness (QED) is 0.0893. The third-order valence-corrected chi connectivity index (χ3v) is 5.61. The van der Waals surface area contributed by atoms with Crippen LogP contribution in [0.4, 0.5) is 4.79 Å². The molecule has 0 aromatic carbocycles. The molecule has 4 atom stereocenters. The van der Waals surface area contributed by atoms with Gasteiger partial charge >= 0.3 is 12.1 Å². The van der Waals surface area contributed by atoms with Crippen LogP contribution in [0, 0.1) is 0 Å². The highest BCUT2D eigenvalue weighted by atomic mass is 16.6. The summed E-state index contributed by atoms with van der Waals surface area (Å²) in [5, 5.41) is 7.20. The minimum atomic E-state index is -1.44. The molecular formula is C25H40N6O9. The Morgan fingerprint density at radius 3 is 2.27 bits per heavy atom. The minimum Gasteiger partial charge on any atom is -0.469 e. The Labute approximate surface area is 232 Å². The number of esters is 1. The number of alkyl carbamates (subject to hydrolysis) is 1. The van der Waals surface area contributed by atoms with E-state index in [4.69, 9.17) is 16.2 Å². The molecule has 0 fully saturated rings. The molecule has 1 aliphatic heterocycles. The standard InChI is InChI=1S/C25H40N6O9/c1-25(2,3)40-24(38)30-17(13-20(34)39-4)23(37)31-11-7-9-18(31)22(36)29-16(12-19(27)33)21(35)28-15(14-32)8-5-6-10-26/h7,11,14-18H,5-6,8-10,12-13,26H2,1-4H3,(H2,27,33)(H,28,35)(H,29,36)(H,30,38)/t15-,16-,17-,18-/m0/s1. The van der Waals surface area contributed by atoms with E-state index >= 15 is 0 Å². The summed E-state index contributed by atoms with van der Waals surface area (Å²) in [6.45, 7) is 5.26. The zero-order chi connectivity index (χ0) is 30.5. The highest BCUT2D eigenvalue weighted by Gasteiger charge is 2.38. The molecule has 0 saturated carbocycles. The lowest BCUT2D eigenvalue weighted by Gasteiger charge is -2.29. The van der Waals surface area contributed by atoms with Gasteiger partial charge in [-0.05, 0) is 53.0 Å². The Morgan fingerprint density at radius 2 is 1.73 bits per heavy atom. The summed E-state index contributed by atoms with van der Waals surface area (Å²) in [5.41, 5.74) is 9.82. The Bertz CT molecular complexity index is 978. The van der Waals surface area contributed by atoms with E-state index < -0.39 is 78.3 Å². The average molecular weight is 569 g/mol. The number of amides is 5. The van der Waals surface area contributed by atoms with Crippen molar-refractivity contribution in [1.82, 2.24) is 20.9 Å². The molecule has 0 radical (unpaired) electrons. The summed E-state index contributed by atoms with van der Waals surface area (Å²) >= 11 is 0. The van der Waals surface area contributed by atoms with E-state index in [2.05, 4.69) is 20.7 Å². The van der Waals surface area contributed by atoms with Crippen LogP contribution in [-0.2, 0) is 38.2 Å². The number of primary amides is 1. The fourth-order valence-electron chi connectivity index (χ4n) is 3.71. The largest absolute Gasteiger partial charge is 0.469 e. The van der Waals surface area contributed by atoms with Crippen molar-refractivity contribution in [1.29, 1.82) is 0 Å². The highest BCUT2D eigenvalue weighted by molar-refractivity contribution is 5.97. The Hall–Kier alpha value is -4.01. The molecule has 0 aromatic heterocycles. The predicted octanol–water partition coefficient (Wildman–Crippen LogP) is -1.27. The van der Waals surface area contributed by atoms with Crippen LogP contribution in [0.1, 0.15) is 59.3 Å². The van der Waals surface area contributed by atoms with Crippen LogP contribution in [0.5, 0.6) is 0 Å². The van der Waals surface area contributed by atoms with Gasteiger partial charge in [-0.3, -0.25) is 24.0 Å². The van der Waals surface area contributed by atoms with E-state index in [0.717, 1.165) is 12.0 Å². The van der Waals surface area contributed by atoms with Gasteiger partial charge in [0.2, 0.25) is 17.7 Å². The second kappa shape index (κ2) is 16.2. The van der Waals surface area contributed by atoms with Gasteiger partial charge < -0.3 is 46.6 Å². The van der Waals surface area contributed by atoms with E-state index in [1.165, 1.54) is 12.3 Å². The summed E-state index contributed by atoms with van der Waals surface area (Å²) in [6.07, 6.45) is 2.83. The molecule has 0 bridgehead atoms. The number of methoxy groups -OCH3 is 1. The Kier molecular flexibility index (Phi) is 13.8. The molecule has 40 heavy (non-hydrogen) atoms. The van der Waals surface area contributed by atoms with Gasteiger partial charge in [-0.2, -0.15) is 0 Å². The van der Waals surface area contributed by atoms with E-state index in [9.17, 15) is 33.6 Å². The first kappa shape index (κ1) is 34.0. The van der Waals surface area contributed by atoms with Gasteiger partial charge in [0.1, 0.15) is 30.0 Å². The van der Waals surface area contributed by atoms with Gasteiger partial charge in [-0.15, -0.1) is 0 Å². The maximum absolute atomic E-state index is 13.3. The summed E-state index contributed by atoms with van der Waals surface area (Å²) in [4.78, 5) is 87.6. The lowest BCUT2D eigenvalue weighted by atomic mass is 10.1. The number of nitrogens with two attached hydrogens (primary N) is 2. The molecule has 15 heteroatoms. The smallest absolute Gasteiger partial charge is 0.408 e. The number of carbonyl (C=O) groups is 7. The lowest BCUT2D eigenvalue weighted by molar-refractivity contribution is -0.145. The molecule has 1 aliphatic rings. The van der Waals surface area contributed by atoms with Gasteiger partial charge in [0.15, 0.2) is 0 Å². The monoisotopic (exact) mass is 568 g/mol. The lowest BCUT2D eigenvalue weighted by Crippen LogP contribution is -2.57. The van der Waals surface area contributed by atoms with Crippen molar-refractivity contribution < 1.29 is 43.0 Å². The summed E-state index contributed by atoms with van der Waals surface area (Å²) in [5.74, 6) is -4.12. The number of hydrogen-bond acceptors (Lipinski definition) is 10.